The quantitative estimate of drug-likeness (QED) is 0.452. The summed E-state index contributed by atoms with van der Waals surface area (Å²) in [6, 6.07) is 4.14. The van der Waals surface area contributed by atoms with E-state index in [-0.39, 0.29) is 31.1 Å². The zero-order valence-electron chi connectivity index (χ0n) is 20.0. The highest BCUT2D eigenvalue weighted by Crippen LogP contribution is 2.57. The fourth-order valence-electron chi connectivity index (χ4n) is 5.36. The summed E-state index contributed by atoms with van der Waals surface area (Å²) >= 11 is 1.27. The van der Waals surface area contributed by atoms with Gasteiger partial charge < -0.3 is 24.4 Å². The number of nitrogens with zero attached hydrogens (tertiary/aromatic N) is 3. The molecule has 4 heterocycles. The Morgan fingerprint density at radius 2 is 1.89 bits per heavy atom. The van der Waals surface area contributed by atoms with Crippen molar-refractivity contribution in [2.24, 2.45) is 12.5 Å². The van der Waals surface area contributed by atoms with Gasteiger partial charge in [-0.3, -0.25) is 19.1 Å². The van der Waals surface area contributed by atoms with Crippen LogP contribution in [0.4, 0.5) is 18.9 Å². The van der Waals surface area contributed by atoms with Crippen LogP contribution in [0.15, 0.2) is 29.3 Å². The molecule has 3 amide bonds. The summed E-state index contributed by atoms with van der Waals surface area (Å²) in [5.41, 5.74) is 0.708. The number of amides is 3. The van der Waals surface area contributed by atoms with Gasteiger partial charge in [-0.05, 0) is 49.1 Å². The maximum absolute atomic E-state index is 13.6. The van der Waals surface area contributed by atoms with E-state index in [0.29, 0.717) is 34.0 Å². The second-order valence-electron chi connectivity index (χ2n) is 10.2. The molecule has 1 aromatic heterocycles. The van der Waals surface area contributed by atoms with E-state index in [1.54, 1.807) is 30.8 Å². The zero-order valence-corrected chi connectivity index (χ0v) is 20.8. The molecule has 1 aliphatic carbocycles. The fourth-order valence-corrected chi connectivity index (χ4v) is 6.39. The van der Waals surface area contributed by atoms with Crippen molar-refractivity contribution in [1.29, 1.82) is 0 Å². The third-order valence-electron chi connectivity index (χ3n) is 7.54. The van der Waals surface area contributed by atoms with Gasteiger partial charge in [-0.1, -0.05) is 0 Å². The number of halogens is 3. The Labute approximate surface area is 214 Å². The van der Waals surface area contributed by atoms with Crippen molar-refractivity contribution >= 4 is 35.4 Å². The number of aryl methyl sites for hydroxylation is 2. The molecule has 1 spiro atoms. The molecule has 9 nitrogen and oxygen atoms in total. The lowest BCUT2D eigenvalue weighted by atomic mass is 10.0. The first-order valence-corrected chi connectivity index (χ1v) is 12.6. The third kappa shape index (κ3) is 3.95. The van der Waals surface area contributed by atoms with Gasteiger partial charge in [0, 0.05) is 43.5 Å². The molecule has 3 atom stereocenters. The molecule has 3 aliphatic heterocycles. The Morgan fingerprint density at radius 3 is 2.59 bits per heavy atom. The van der Waals surface area contributed by atoms with E-state index in [0.717, 1.165) is 4.90 Å². The van der Waals surface area contributed by atoms with Gasteiger partial charge in [0.25, 0.3) is 11.8 Å². The molecule has 2 aromatic rings. The molecule has 6 rings (SSSR count). The SMILES string of the molecule is Cc1cc(NC(=O)c2c3c(cn2C)SN[C@H]2CN(C(=O)C(=O)N4CC(F)(F)C4)C[C@@]24C[C@H]4O3)ccc1F. The topological polar surface area (TPSA) is 95.9 Å². The van der Waals surface area contributed by atoms with Crippen molar-refractivity contribution in [3.8, 4) is 5.75 Å². The standard InChI is InChI=1S/C24H24F3N5O4S/c1-12-5-13(3-4-14(12)25)28-20(33)18-19-15(7-30(18)2)37-29-16-8-31(9-23(16)6-17(23)36-19)21(34)22(35)32-10-24(26,27)11-32/h3-5,7,16-17,29H,6,8-11H2,1-2H3,(H,28,33)/t16-,17+,23-/m0/s1. The number of nitrogens with one attached hydrogen (secondary N) is 2. The van der Waals surface area contributed by atoms with E-state index in [1.807, 2.05) is 0 Å². The van der Waals surface area contributed by atoms with Gasteiger partial charge in [0.15, 0.2) is 11.4 Å². The molecular weight excluding hydrogens is 511 g/mol. The average Bonchev–Trinajstić information content (AvgIpc) is 3.20. The maximum Gasteiger partial charge on any atom is 0.312 e. The van der Waals surface area contributed by atoms with Crippen LogP contribution in [-0.2, 0) is 16.6 Å². The van der Waals surface area contributed by atoms with Crippen molar-refractivity contribution in [1.82, 2.24) is 19.1 Å². The van der Waals surface area contributed by atoms with Crippen molar-refractivity contribution < 1.29 is 32.3 Å². The number of ether oxygens (including phenoxy) is 1. The van der Waals surface area contributed by atoms with Crippen LogP contribution in [0.1, 0.15) is 22.5 Å². The fraction of sp³-hybridized carbons (Fsp3) is 0.458. The molecule has 4 aliphatic rings. The molecule has 3 fully saturated rings. The summed E-state index contributed by atoms with van der Waals surface area (Å²) in [4.78, 5) is 41.3. The van der Waals surface area contributed by atoms with Crippen LogP contribution >= 0.6 is 11.9 Å². The Kier molecular flexibility index (Phi) is 5.33. The molecular formula is C24H24F3N5O4S. The Hall–Kier alpha value is -3.19. The minimum absolute atomic E-state index is 0.176. The molecule has 1 aromatic carbocycles. The molecule has 13 heteroatoms. The molecule has 2 saturated heterocycles. The summed E-state index contributed by atoms with van der Waals surface area (Å²) in [6.45, 7) is 0.639. The van der Waals surface area contributed by atoms with Gasteiger partial charge in [0.05, 0.1) is 18.0 Å². The number of carbonyl (C=O) groups is 3. The number of carbonyl (C=O) groups excluding carboxylic acids is 3. The Bertz CT molecular complexity index is 1340. The summed E-state index contributed by atoms with van der Waals surface area (Å²) in [5, 5.41) is 2.79. The van der Waals surface area contributed by atoms with Crippen LogP contribution in [0.2, 0.25) is 0 Å². The Morgan fingerprint density at radius 1 is 1.16 bits per heavy atom. The van der Waals surface area contributed by atoms with Gasteiger partial charge in [0.2, 0.25) is 0 Å². The minimum Gasteiger partial charge on any atom is -0.486 e. The molecule has 2 N–H and O–H groups in total. The predicted molar refractivity (Wildman–Crippen MR) is 127 cm³/mol. The van der Waals surface area contributed by atoms with Gasteiger partial charge in [-0.25, -0.2) is 13.2 Å². The molecule has 0 bridgehead atoms. The van der Waals surface area contributed by atoms with Crippen LogP contribution in [0.25, 0.3) is 0 Å². The summed E-state index contributed by atoms with van der Waals surface area (Å²) in [5.74, 6) is -5.02. The molecule has 0 unspecified atom stereocenters. The van der Waals surface area contributed by atoms with Gasteiger partial charge in [0.1, 0.15) is 11.9 Å². The van der Waals surface area contributed by atoms with Crippen molar-refractivity contribution in [2.75, 3.05) is 31.5 Å². The van der Waals surface area contributed by atoms with E-state index >= 15 is 0 Å². The first-order chi connectivity index (χ1) is 17.5. The highest BCUT2D eigenvalue weighted by atomic mass is 32.2. The van der Waals surface area contributed by atoms with Gasteiger partial charge >= 0.3 is 11.8 Å². The number of benzene rings is 1. The van der Waals surface area contributed by atoms with Crippen molar-refractivity contribution in [3.63, 3.8) is 0 Å². The number of fused-ring (bicyclic) bond motifs is 1. The number of likely N-dealkylation sites (tertiary alicyclic amines) is 2. The predicted octanol–water partition coefficient (Wildman–Crippen LogP) is 2.16. The second-order valence-corrected chi connectivity index (χ2v) is 11.1. The highest BCUT2D eigenvalue weighted by Gasteiger charge is 2.67. The number of anilines is 1. The summed E-state index contributed by atoms with van der Waals surface area (Å²) in [7, 11) is 1.73. The van der Waals surface area contributed by atoms with Gasteiger partial charge in [-0.15, -0.1) is 0 Å². The van der Waals surface area contributed by atoms with Crippen LogP contribution < -0.4 is 14.8 Å². The van der Waals surface area contributed by atoms with E-state index in [4.69, 9.17) is 4.74 Å². The molecule has 0 radical (unpaired) electrons. The number of hydrogen-bond acceptors (Lipinski definition) is 6. The lowest BCUT2D eigenvalue weighted by Crippen LogP contribution is -2.61. The Balaban J connectivity index is 1.18. The minimum atomic E-state index is -2.94. The first kappa shape index (κ1) is 24.2. The van der Waals surface area contributed by atoms with Crippen LogP contribution in [0.5, 0.6) is 5.75 Å². The third-order valence-corrected chi connectivity index (χ3v) is 8.45. The lowest BCUT2D eigenvalue weighted by Gasteiger charge is -2.38. The normalized spacial score (nSPS) is 27.1. The van der Waals surface area contributed by atoms with E-state index in [9.17, 15) is 27.6 Å². The van der Waals surface area contributed by atoms with E-state index < -0.39 is 42.1 Å². The summed E-state index contributed by atoms with van der Waals surface area (Å²) in [6.07, 6.45) is 2.07. The summed E-state index contributed by atoms with van der Waals surface area (Å²) < 4.78 is 51.3. The molecule has 37 heavy (non-hydrogen) atoms. The van der Waals surface area contributed by atoms with E-state index in [2.05, 4.69) is 10.0 Å². The van der Waals surface area contributed by atoms with E-state index in [1.165, 1.54) is 29.0 Å². The van der Waals surface area contributed by atoms with Crippen molar-refractivity contribution in [3.05, 3.63) is 41.5 Å². The molecule has 1 saturated carbocycles. The van der Waals surface area contributed by atoms with Crippen LogP contribution in [0.3, 0.4) is 0 Å². The van der Waals surface area contributed by atoms with Crippen molar-refractivity contribution in [2.45, 2.75) is 36.3 Å². The number of alkyl halides is 2. The average molecular weight is 536 g/mol. The largest absolute Gasteiger partial charge is 0.486 e. The number of rotatable bonds is 2. The second kappa shape index (κ2) is 8.15. The zero-order chi connectivity index (χ0) is 26.3. The highest BCUT2D eigenvalue weighted by molar-refractivity contribution is 7.97. The number of aromatic nitrogens is 1. The molecule has 196 valence electrons. The number of hydrogen-bond donors (Lipinski definition) is 2. The first-order valence-electron chi connectivity index (χ1n) is 11.8. The lowest BCUT2D eigenvalue weighted by molar-refractivity contribution is -0.173. The monoisotopic (exact) mass is 535 g/mol. The van der Waals surface area contributed by atoms with Crippen LogP contribution in [0, 0.1) is 18.2 Å². The van der Waals surface area contributed by atoms with Crippen LogP contribution in [-0.4, -0.2) is 76.3 Å². The van der Waals surface area contributed by atoms with Gasteiger partial charge in [-0.2, -0.15) is 0 Å². The smallest absolute Gasteiger partial charge is 0.312 e. The maximum atomic E-state index is 13.6.